The van der Waals surface area contributed by atoms with Gasteiger partial charge in [-0.15, -0.1) is 6.42 Å². The molecule has 0 aromatic heterocycles. The number of primary amides is 1. The highest BCUT2D eigenvalue weighted by Gasteiger charge is 1.98. The summed E-state index contributed by atoms with van der Waals surface area (Å²) in [5, 5.41) is 0. The number of benzene rings is 1. The molecular formula is C10H9NO2. The standard InChI is InChI=1S/C10H9NO2/c1-2-7-13-9-5-3-8(4-6-9)10(11)12/h1,3-6H,7H2,(H2,11,12). The minimum Gasteiger partial charge on any atom is -0.481 e. The second-order valence-electron chi connectivity index (χ2n) is 2.38. The largest absolute Gasteiger partial charge is 0.481 e. The van der Waals surface area contributed by atoms with Gasteiger partial charge in [0.2, 0.25) is 5.91 Å². The molecule has 0 heterocycles. The Morgan fingerprint density at radius 3 is 2.54 bits per heavy atom. The molecule has 0 fully saturated rings. The molecule has 1 aromatic carbocycles. The smallest absolute Gasteiger partial charge is 0.248 e. The average Bonchev–Trinajstić information content (AvgIpc) is 2.15. The molecule has 0 aliphatic heterocycles. The molecule has 0 saturated heterocycles. The van der Waals surface area contributed by atoms with E-state index in [9.17, 15) is 4.79 Å². The number of carbonyl (C=O) groups excluding carboxylic acids is 1. The van der Waals surface area contributed by atoms with Crippen molar-refractivity contribution in [1.82, 2.24) is 0 Å². The first kappa shape index (κ1) is 9.14. The molecule has 1 aromatic rings. The van der Waals surface area contributed by atoms with E-state index in [-0.39, 0.29) is 6.61 Å². The Kier molecular flexibility index (Phi) is 2.93. The fraction of sp³-hybridized carbons (Fsp3) is 0.100. The second-order valence-corrected chi connectivity index (χ2v) is 2.38. The zero-order chi connectivity index (χ0) is 9.68. The molecule has 0 saturated carbocycles. The van der Waals surface area contributed by atoms with Crippen molar-refractivity contribution in [2.24, 2.45) is 5.73 Å². The first-order chi connectivity index (χ1) is 6.24. The number of ether oxygens (including phenoxy) is 1. The van der Waals surface area contributed by atoms with Crippen molar-refractivity contribution in [1.29, 1.82) is 0 Å². The quantitative estimate of drug-likeness (QED) is 0.691. The number of rotatable bonds is 3. The molecule has 2 N–H and O–H groups in total. The molecule has 0 radical (unpaired) electrons. The van der Waals surface area contributed by atoms with E-state index in [1.165, 1.54) is 0 Å². The van der Waals surface area contributed by atoms with Crippen molar-refractivity contribution < 1.29 is 9.53 Å². The summed E-state index contributed by atoms with van der Waals surface area (Å²) in [5.74, 6) is 2.51. The molecule has 66 valence electrons. The summed E-state index contributed by atoms with van der Waals surface area (Å²) in [5.41, 5.74) is 5.50. The van der Waals surface area contributed by atoms with Crippen LogP contribution in [-0.4, -0.2) is 12.5 Å². The van der Waals surface area contributed by atoms with Gasteiger partial charge in [0.1, 0.15) is 12.4 Å². The summed E-state index contributed by atoms with van der Waals surface area (Å²) in [7, 11) is 0. The molecule has 0 bridgehead atoms. The number of hydrogen-bond donors (Lipinski definition) is 1. The maximum atomic E-state index is 10.7. The van der Waals surface area contributed by atoms with Gasteiger partial charge < -0.3 is 10.5 Å². The normalized spacial score (nSPS) is 8.85. The Hall–Kier alpha value is -1.95. The summed E-state index contributed by atoms with van der Waals surface area (Å²) < 4.78 is 5.10. The maximum Gasteiger partial charge on any atom is 0.248 e. The Bertz CT molecular complexity index is 335. The molecule has 13 heavy (non-hydrogen) atoms. The zero-order valence-electron chi connectivity index (χ0n) is 6.99. The third kappa shape index (κ3) is 2.53. The van der Waals surface area contributed by atoms with Gasteiger partial charge in [-0.3, -0.25) is 4.79 Å². The highest BCUT2D eigenvalue weighted by molar-refractivity contribution is 5.92. The van der Waals surface area contributed by atoms with Gasteiger partial charge in [0.25, 0.3) is 0 Å². The molecule has 0 atom stereocenters. The molecule has 3 heteroatoms. The van der Waals surface area contributed by atoms with Crippen LogP contribution >= 0.6 is 0 Å². The summed E-state index contributed by atoms with van der Waals surface area (Å²) in [6, 6.07) is 6.48. The molecular weight excluding hydrogens is 166 g/mol. The fourth-order valence-corrected chi connectivity index (χ4v) is 0.840. The number of amides is 1. The van der Waals surface area contributed by atoms with E-state index in [1.807, 2.05) is 0 Å². The van der Waals surface area contributed by atoms with Gasteiger partial charge in [0, 0.05) is 5.56 Å². The zero-order valence-corrected chi connectivity index (χ0v) is 6.99. The topological polar surface area (TPSA) is 52.3 Å². The molecule has 0 spiro atoms. The Morgan fingerprint density at radius 2 is 2.08 bits per heavy atom. The van der Waals surface area contributed by atoms with Crippen LogP contribution in [0.2, 0.25) is 0 Å². The predicted octanol–water partition coefficient (Wildman–Crippen LogP) is 0.798. The third-order valence-corrected chi connectivity index (χ3v) is 1.46. The lowest BCUT2D eigenvalue weighted by Gasteiger charge is -2.01. The van der Waals surface area contributed by atoms with Crippen molar-refractivity contribution in [2.45, 2.75) is 0 Å². The minimum absolute atomic E-state index is 0.218. The van der Waals surface area contributed by atoms with E-state index in [0.29, 0.717) is 11.3 Å². The van der Waals surface area contributed by atoms with Gasteiger partial charge in [0.15, 0.2) is 0 Å². The number of hydrogen-bond acceptors (Lipinski definition) is 2. The Balaban J connectivity index is 2.71. The van der Waals surface area contributed by atoms with Crippen molar-refractivity contribution in [3.8, 4) is 18.1 Å². The van der Waals surface area contributed by atoms with Crippen LogP contribution < -0.4 is 10.5 Å². The van der Waals surface area contributed by atoms with Crippen LogP contribution in [0.25, 0.3) is 0 Å². The summed E-state index contributed by atoms with van der Waals surface area (Å²) in [4.78, 5) is 10.7. The fourth-order valence-electron chi connectivity index (χ4n) is 0.840. The second kappa shape index (κ2) is 4.17. The minimum atomic E-state index is -0.455. The molecule has 3 nitrogen and oxygen atoms in total. The van der Waals surface area contributed by atoms with Gasteiger partial charge in [0.05, 0.1) is 0 Å². The first-order valence-electron chi connectivity index (χ1n) is 3.70. The van der Waals surface area contributed by atoms with Gasteiger partial charge in [-0.05, 0) is 24.3 Å². The number of nitrogens with two attached hydrogens (primary N) is 1. The number of terminal acetylenes is 1. The van der Waals surface area contributed by atoms with E-state index < -0.39 is 5.91 Å². The van der Waals surface area contributed by atoms with Crippen molar-refractivity contribution in [3.05, 3.63) is 29.8 Å². The van der Waals surface area contributed by atoms with E-state index in [2.05, 4.69) is 5.92 Å². The lowest BCUT2D eigenvalue weighted by molar-refractivity contribution is 0.100. The lowest BCUT2D eigenvalue weighted by Crippen LogP contribution is -2.10. The molecule has 1 rings (SSSR count). The highest BCUT2D eigenvalue weighted by Crippen LogP contribution is 2.11. The van der Waals surface area contributed by atoms with E-state index in [0.717, 1.165) is 0 Å². The average molecular weight is 175 g/mol. The molecule has 0 aliphatic rings. The van der Waals surface area contributed by atoms with Crippen LogP contribution in [0.1, 0.15) is 10.4 Å². The van der Waals surface area contributed by atoms with Crippen molar-refractivity contribution in [2.75, 3.05) is 6.61 Å². The summed E-state index contributed by atoms with van der Waals surface area (Å²) in [6.07, 6.45) is 5.01. The summed E-state index contributed by atoms with van der Waals surface area (Å²) in [6.45, 7) is 0.218. The molecule has 0 aliphatic carbocycles. The van der Waals surface area contributed by atoms with Gasteiger partial charge >= 0.3 is 0 Å². The monoisotopic (exact) mass is 175 g/mol. The van der Waals surface area contributed by atoms with Crippen LogP contribution in [-0.2, 0) is 0 Å². The Labute approximate surface area is 76.5 Å². The molecule has 0 unspecified atom stereocenters. The first-order valence-corrected chi connectivity index (χ1v) is 3.70. The maximum absolute atomic E-state index is 10.7. The van der Waals surface area contributed by atoms with E-state index in [4.69, 9.17) is 16.9 Å². The number of carbonyl (C=O) groups is 1. The van der Waals surface area contributed by atoms with Crippen LogP contribution in [0.15, 0.2) is 24.3 Å². The van der Waals surface area contributed by atoms with E-state index >= 15 is 0 Å². The van der Waals surface area contributed by atoms with E-state index in [1.54, 1.807) is 24.3 Å². The van der Waals surface area contributed by atoms with Crippen LogP contribution in [0.5, 0.6) is 5.75 Å². The van der Waals surface area contributed by atoms with Crippen LogP contribution in [0.4, 0.5) is 0 Å². The van der Waals surface area contributed by atoms with Gasteiger partial charge in [-0.2, -0.15) is 0 Å². The highest BCUT2D eigenvalue weighted by atomic mass is 16.5. The van der Waals surface area contributed by atoms with Crippen LogP contribution in [0.3, 0.4) is 0 Å². The predicted molar refractivity (Wildman–Crippen MR) is 49.3 cm³/mol. The molecule has 1 amide bonds. The summed E-state index contributed by atoms with van der Waals surface area (Å²) >= 11 is 0. The lowest BCUT2D eigenvalue weighted by atomic mass is 10.2. The third-order valence-electron chi connectivity index (χ3n) is 1.46. The van der Waals surface area contributed by atoms with Crippen molar-refractivity contribution in [3.63, 3.8) is 0 Å². The van der Waals surface area contributed by atoms with Crippen molar-refractivity contribution >= 4 is 5.91 Å². The van der Waals surface area contributed by atoms with Crippen LogP contribution in [0, 0.1) is 12.3 Å². The Morgan fingerprint density at radius 1 is 1.46 bits per heavy atom. The van der Waals surface area contributed by atoms with Gasteiger partial charge in [-0.1, -0.05) is 5.92 Å². The SMILES string of the molecule is C#CCOc1ccc(C(N)=O)cc1. The van der Waals surface area contributed by atoms with Gasteiger partial charge in [-0.25, -0.2) is 0 Å².